The number of nitro groups is 1. The minimum atomic E-state index is -4.84. The van der Waals surface area contributed by atoms with Crippen LogP contribution in [-0.2, 0) is 4.74 Å². The molecule has 0 saturated carbocycles. The number of aromatic nitrogens is 2. The molecule has 6 rings (SSSR count). The summed E-state index contributed by atoms with van der Waals surface area (Å²) in [5.74, 6) is 0.956. The molecule has 2 aliphatic heterocycles. The molecule has 1 amide bonds. The lowest BCUT2D eigenvalue weighted by Gasteiger charge is -2.54. The van der Waals surface area contributed by atoms with E-state index in [2.05, 4.69) is 63.0 Å². The van der Waals surface area contributed by atoms with Crippen LogP contribution >= 0.6 is 0 Å². The van der Waals surface area contributed by atoms with Gasteiger partial charge in [-0.1, -0.05) is 74.3 Å². The van der Waals surface area contributed by atoms with Gasteiger partial charge in [0.15, 0.2) is 19.2 Å². The first-order valence-corrected chi connectivity index (χ1v) is 22.7. The lowest BCUT2D eigenvalue weighted by Crippen LogP contribution is -2.68. The maximum atomic E-state index is 17.8. The number of benzene rings is 3. The van der Waals surface area contributed by atoms with Crippen molar-refractivity contribution in [2.45, 2.75) is 110 Å². The number of methoxy groups -OCH3 is 1. The van der Waals surface area contributed by atoms with E-state index in [-0.39, 0.29) is 70.0 Å². The van der Waals surface area contributed by atoms with E-state index in [1.165, 1.54) is 30.2 Å². The second-order valence-corrected chi connectivity index (χ2v) is 23.7. The van der Waals surface area contributed by atoms with Gasteiger partial charge in [0.1, 0.15) is 31.0 Å². The molecule has 18 heteroatoms. The molecule has 62 heavy (non-hydrogen) atoms. The van der Waals surface area contributed by atoms with E-state index in [1.807, 2.05) is 20.8 Å². The number of hydrogen-bond acceptors (Lipinski definition) is 9. The number of nitrogens with zero attached hydrogens (tertiary/aromatic N) is 5. The lowest BCUT2D eigenvalue weighted by molar-refractivity contribution is -0.384. The fourth-order valence-corrected chi connectivity index (χ4v) is 15.2. The zero-order chi connectivity index (χ0) is 45.9. The van der Waals surface area contributed by atoms with E-state index in [9.17, 15) is 33.2 Å². The summed E-state index contributed by atoms with van der Waals surface area (Å²) in [5.41, 5.74) is -0.0988. The fraction of sp³-hybridized carbons (Fsp3) is 0.523. The van der Waals surface area contributed by atoms with Gasteiger partial charge in [-0.15, -0.1) is 5.54 Å². The zero-order valence-electron chi connectivity index (χ0n) is 36.5. The average molecular weight is 886 g/mol. The number of alkyl halides is 3. The third kappa shape index (κ3) is 8.09. The van der Waals surface area contributed by atoms with Gasteiger partial charge >= 0.3 is 18.3 Å². The first kappa shape index (κ1) is 46.2. The van der Waals surface area contributed by atoms with Crippen molar-refractivity contribution in [3.63, 3.8) is 0 Å². The summed E-state index contributed by atoms with van der Waals surface area (Å²) >= 11 is 0. The van der Waals surface area contributed by atoms with Crippen LogP contribution in [0.4, 0.5) is 38.3 Å². The summed E-state index contributed by atoms with van der Waals surface area (Å²) in [4.78, 5) is 36.5. The highest BCUT2D eigenvalue weighted by molar-refractivity contribution is 6.90. The van der Waals surface area contributed by atoms with Crippen molar-refractivity contribution in [1.29, 1.82) is 0 Å². The third-order valence-corrected chi connectivity index (χ3v) is 19.1. The van der Waals surface area contributed by atoms with Gasteiger partial charge in [-0.25, -0.2) is 13.6 Å². The largest absolute Gasteiger partial charge is 0.468 e. The number of carboxylic acid groups (broad SMARTS) is 1. The van der Waals surface area contributed by atoms with Crippen LogP contribution in [0, 0.1) is 38.6 Å². The van der Waals surface area contributed by atoms with Gasteiger partial charge in [0, 0.05) is 37.2 Å². The summed E-state index contributed by atoms with van der Waals surface area (Å²) in [6.45, 7) is 16.0. The summed E-state index contributed by atoms with van der Waals surface area (Å²) in [6.07, 6.45) is -5.10. The molecule has 3 aromatic carbocycles. The smallest absolute Gasteiger partial charge is 0.422 e. The minimum Gasteiger partial charge on any atom is -0.468 e. The van der Waals surface area contributed by atoms with Crippen molar-refractivity contribution in [2.75, 3.05) is 38.5 Å². The molecule has 12 nitrogen and oxygen atoms in total. The molecule has 3 heterocycles. The number of hydrogen-bond donors (Lipinski definition) is 1. The Morgan fingerprint density at radius 3 is 2.27 bits per heavy atom. The highest BCUT2D eigenvalue weighted by atomic mass is 28.3. The lowest BCUT2D eigenvalue weighted by atomic mass is 9.71. The molecule has 0 spiro atoms. The van der Waals surface area contributed by atoms with Crippen LogP contribution in [0.15, 0.2) is 30.3 Å². The van der Waals surface area contributed by atoms with Gasteiger partial charge in [0.25, 0.3) is 5.69 Å². The van der Waals surface area contributed by atoms with Crippen molar-refractivity contribution in [1.82, 2.24) is 14.9 Å². The van der Waals surface area contributed by atoms with Crippen molar-refractivity contribution in [2.24, 2.45) is 5.41 Å². The molecule has 1 aromatic heterocycles. The molecule has 2 aliphatic rings. The van der Waals surface area contributed by atoms with Crippen LogP contribution in [0.5, 0.6) is 11.8 Å². The number of ether oxygens (including phenoxy) is 3. The van der Waals surface area contributed by atoms with Crippen LogP contribution in [-0.4, -0.2) is 90.4 Å². The Morgan fingerprint density at radius 1 is 1.05 bits per heavy atom. The number of nitro benzene ring substituents is 1. The Bertz CT molecular complexity index is 2460. The summed E-state index contributed by atoms with van der Waals surface area (Å²) in [7, 11) is -1.13. The highest BCUT2D eigenvalue weighted by Gasteiger charge is 2.59. The third-order valence-electron chi connectivity index (χ3n) is 12.9. The van der Waals surface area contributed by atoms with Crippen LogP contribution in [0.3, 0.4) is 0 Å². The predicted molar refractivity (Wildman–Crippen MR) is 228 cm³/mol. The predicted octanol–water partition coefficient (Wildman–Crippen LogP) is 10.9. The van der Waals surface area contributed by atoms with Crippen LogP contribution in [0.2, 0.25) is 16.6 Å². The van der Waals surface area contributed by atoms with E-state index in [4.69, 9.17) is 14.2 Å². The average Bonchev–Trinajstić information content (AvgIpc) is 3.43. The SMILES string of the molecule is COCOc1cc(-c2c([N+](=O)[O-])cc3c(N4C[C@@H]5CC[C@@](C(C)(C)C)(C4)N5C(=O)O)nc(OCC(F)(F)F)nc3c2F)c2c(C#C[Si](C(C)C)(C(C)C)C(C)C)c(F)ccc2c1. The molecule has 2 atom stereocenters. The Kier molecular flexibility index (Phi) is 12.5. The number of halogens is 5. The number of rotatable bonds is 11. The molecule has 334 valence electrons. The first-order valence-electron chi connectivity index (χ1n) is 20.4. The van der Waals surface area contributed by atoms with E-state index in [0.717, 1.165) is 6.07 Å². The Balaban J connectivity index is 1.71. The Hall–Kier alpha value is -5.28. The van der Waals surface area contributed by atoms with Gasteiger partial charge < -0.3 is 24.2 Å². The van der Waals surface area contributed by atoms with E-state index >= 15 is 8.78 Å². The zero-order valence-corrected chi connectivity index (χ0v) is 37.5. The van der Waals surface area contributed by atoms with Crippen molar-refractivity contribution < 1.29 is 51.0 Å². The topological polar surface area (TPSA) is 140 Å². The second-order valence-electron chi connectivity index (χ2n) is 18.2. The van der Waals surface area contributed by atoms with Gasteiger partial charge in [-0.2, -0.15) is 23.1 Å². The Labute approximate surface area is 357 Å². The summed E-state index contributed by atoms with van der Waals surface area (Å²) in [5, 5.41) is 23.7. The molecular weight excluding hydrogens is 834 g/mol. The minimum absolute atomic E-state index is 0.00904. The van der Waals surface area contributed by atoms with E-state index in [0.29, 0.717) is 18.2 Å². The van der Waals surface area contributed by atoms with Gasteiger partial charge in [0.2, 0.25) is 0 Å². The molecule has 4 aromatic rings. The van der Waals surface area contributed by atoms with Crippen molar-refractivity contribution >= 4 is 47.3 Å². The van der Waals surface area contributed by atoms with E-state index in [1.54, 1.807) is 11.0 Å². The molecule has 1 N–H and O–H groups in total. The number of amides is 1. The maximum Gasteiger partial charge on any atom is 0.422 e. The maximum absolute atomic E-state index is 17.8. The van der Waals surface area contributed by atoms with Crippen molar-refractivity contribution in [3.8, 4) is 34.4 Å². The molecular formula is C44H52F5N5O7Si. The molecule has 0 unspecified atom stereocenters. The van der Waals surface area contributed by atoms with Crippen molar-refractivity contribution in [3.05, 3.63) is 57.6 Å². The normalized spacial score (nSPS) is 18.3. The standard InChI is InChI=1S/C44H52F5N5O7Si/c1-24(2)62(25(3)4,26(5)6)16-14-30-33(45)12-11-27-17-29(61-23-59-10)18-31(35(27)30)36-34(54(57)58)19-32-38(37(36)46)50-40(60-22-44(47,48)49)51-39(32)52-20-28-13-15-43(21-52,42(7,8)9)53(28)41(55)56/h11-12,17-19,24-26,28H,13,15,20-23H2,1-10H3,(H,55,56)/t28-,43-/m0/s1. The molecule has 0 aliphatic carbocycles. The molecule has 2 saturated heterocycles. The van der Waals surface area contributed by atoms with Gasteiger partial charge in [-0.05, 0) is 58.5 Å². The molecule has 0 radical (unpaired) electrons. The second kappa shape index (κ2) is 16.8. The van der Waals surface area contributed by atoms with Crippen LogP contribution < -0.4 is 14.4 Å². The summed E-state index contributed by atoms with van der Waals surface area (Å²) < 4.78 is 90.8. The van der Waals surface area contributed by atoms with Crippen LogP contribution in [0.25, 0.3) is 32.8 Å². The fourth-order valence-electron chi connectivity index (χ4n) is 10.0. The number of carbonyl (C=O) groups is 1. The Morgan fingerprint density at radius 2 is 1.71 bits per heavy atom. The highest BCUT2D eigenvalue weighted by Crippen LogP contribution is 2.52. The van der Waals surface area contributed by atoms with Gasteiger partial charge in [0.05, 0.1) is 33.0 Å². The number of anilines is 1. The molecule has 2 fully saturated rings. The summed E-state index contributed by atoms with van der Waals surface area (Å²) in [6, 6.07) is 5.06. The molecule has 2 bridgehead atoms. The number of fused-ring (bicyclic) bond motifs is 4. The monoisotopic (exact) mass is 885 g/mol. The van der Waals surface area contributed by atoms with E-state index < -0.39 is 83.3 Å². The number of piperazine rings is 1. The van der Waals surface area contributed by atoms with Gasteiger partial charge in [-0.3, -0.25) is 15.0 Å². The van der Waals surface area contributed by atoms with Crippen LogP contribution in [0.1, 0.15) is 80.7 Å². The quantitative estimate of drug-likeness (QED) is 0.0386. The first-order chi connectivity index (χ1) is 28.9.